The number of carbonyl (C=O) groups is 2. The molecule has 0 heterocycles. The molecule has 1 amide bonds. The fraction of sp³-hybridized carbons (Fsp3) is 0.864. The molecule has 0 spiro atoms. The quantitative estimate of drug-likeness (QED) is 0.0321. The molecule has 382 valence electrons. The van der Waals surface area contributed by atoms with Crippen LogP contribution in [0, 0.1) is 0 Å². The van der Waals surface area contributed by atoms with Gasteiger partial charge in [0.25, 0.3) is 0 Å². The summed E-state index contributed by atoms with van der Waals surface area (Å²) in [6.07, 6.45) is 67.4. The summed E-state index contributed by atoms with van der Waals surface area (Å²) in [5.74, 6) is -0.137. The molecule has 6 heteroatoms. The molecule has 0 radical (unpaired) electrons. The van der Waals surface area contributed by atoms with E-state index in [1.54, 1.807) is 6.08 Å². The standard InChI is InChI=1S/C59H111NO5/c1-3-5-7-9-11-13-15-17-19-20-21-22-23-24-25-26-27-28-31-35-39-43-47-51-57(62)56(55-61)60-58(63)52-48-44-40-36-32-30-34-38-42-46-50-54-65-59(64)53-49-45-41-37-33-29-18-16-14-12-10-8-6-4-2/h16,18,34,38,47,51,56-57,61-62H,3-15,17,19-33,35-37,39-46,48-50,52-55H2,1-2H3,(H,60,63)/b18-16-,38-34-,51-47+. The molecule has 0 saturated carbocycles. The average Bonchev–Trinajstić information content (AvgIpc) is 3.31. The highest BCUT2D eigenvalue weighted by Crippen LogP contribution is 2.16. The zero-order chi connectivity index (χ0) is 47.2. The Hall–Kier alpha value is -1.92. The Kier molecular flexibility index (Phi) is 53.1. The first-order valence-corrected chi connectivity index (χ1v) is 28.8. The summed E-state index contributed by atoms with van der Waals surface area (Å²) >= 11 is 0. The summed E-state index contributed by atoms with van der Waals surface area (Å²) in [6.45, 7) is 4.82. The fourth-order valence-electron chi connectivity index (χ4n) is 8.68. The van der Waals surface area contributed by atoms with Crippen molar-refractivity contribution in [3.8, 4) is 0 Å². The number of hydrogen-bond donors (Lipinski definition) is 3. The van der Waals surface area contributed by atoms with E-state index in [0.717, 1.165) is 83.5 Å². The van der Waals surface area contributed by atoms with Crippen molar-refractivity contribution in [2.45, 2.75) is 315 Å². The van der Waals surface area contributed by atoms with Crippen molar-refractivity contribution >= 4 is 11.9 Å². The SMILES string of the molecule is CCCCCCC/C=C\CCCCCCCC(=O)OCCCC/C=C\CCCCCCCC(=O)NC(CO)C(O)/C=C/CCCCCCCCCCCCCCCCCCCCCCC. The summed E-state index contributed by atoms with van der Waals surface area (Å²) in [6, 6.07) is -0.651. The summed E-state index contributed by atoms with van der Waals surface area (Å²) in [5, 5.41) is 23.2. The van der Waals surface area contributed by atoms with Gasteiger partial charge in [-0.25, -0.2) is 0 Å². The molecular weight excluding hydrogens is 803 g/mol. The first kappa shape index (κ1) is 63.1. The molecule has 0 rings (SSSR count). The van der Waals surface area contributed by atoms with Gasteiger partial charge in [0.1, 0.15) is 0 Å². The summed E-state index contributed by atoms with van der Waals surface area (Å²) in [7, 11) is 0. The van der Waals surface area contributed by atoms with Gasteiger partial charge in [0.05, 0.1) is 25.4 Å². The molecule has 6 nitrogen and oxygen atoms in total. The average molecular weight is 915 g/mol. The van der Waals surface area contributed by atoms with Crippen LogP contribution >= 0.6 is 0 Å². The van der Waals surface area contributed by atoms with Gasteiger partial charge >= 0.3 is 5.97 Å². The monoisotopic (exact) mass is 914 g/mol. The fourth-order valence-corrected chi connectivity index (χ4v) is 8.68. The van der Waals surface area contributed by atoms with Crippen molar-refractivity contribution in [2.75, 3.05) is 13.2 Å². The van der Waals surface area contributed by atoms with E-state index in [9.17, 15) is 19.8 Å². The molecule has 0 aromatic carbocycles. The predicted octanol–water partition coefficient (Wildman–Crippen LogP) is 17.6. The van der Waals surface area contributed by atoms with E-state index in [-0.39, 0.29) is 18.5 Å². The number of esters is 1. The number of aliphatic hydroxyl groups excluding tert-OH is 2. The maximum absolute atomic E-state index is 12.5. The van der Waals surface area contributed by atoms with Crippen LogP contribution < -0.4 is 5.32 Å². The van der Waals surface area contributed by atoms with Crippen LogP contribution in [0.4, 0.5) is 0 Å². The second-order valence-electron chi connectivity index (χ2n) is 19.6. The van der Waals surface area contributed by atoms with E-state index in [4.69, 9.17) is 4.74 Å². The molecule has 3 N–H and O–H groups in total. The van der Waals surface area contributed by atoms with Crippen LogP contribution in [0.1, 0.15) is 303 Å². The molecule has 0 aliphatic heterocycles. The van der Waals surface area contributed by atoms with Gasteiger partial charge in [-0.3, -0.25) is 9.59 Å². The predicted molar refractivity (Wildman–Crippen MR) is 283 cm³/mol. The lowest BCUT2D eigenvalue weighted by molar-refractivity contribution is -0.143. The highest BCUT2D eigenvalue weighted by molar-refractivity contribution is 5.76. The molecule has 0 aromatic heterocycles. The van der Waals surface area contributed by atoms with Crippen molar-refractivity contribution < 1.29 is 24.5 Å². The van der Waals surface area contributed by atoms with Crippen molar-refractivity contribution in [2.24, 2.45) is 0 Å². The van der Waals surface area contributed by atoms with Gasteiger partial charge in [-0.1, -0.05) is 243 Å². The van der Waals surface area contributed by atoms with Crippen LogP contribution in [-0.2, 0) is 14.3 Å². The molecule has 0 bridgehead atoms. The van der Waals surface area contributed by atoms with Crippen LogP contribution in [0.5, 0.6) is 0 Å². The minimum Gasteiger partial charge on any atom is -0.466 e. The topological polar surface area (TPSA) is 95.9 Å². The number of nitrogens with one attached hydrogen (secondary N) is 1. The number of allylic oxidation sites excluding steroid dienone is 5. The Morgan fingerprint density at radius 3 is 1.09 bits per heavy atom. The maximum atomic E-state index is 12.5. The van der Waals surface area contributed by atoms with Crippen molar-refractivity contribution in [3.05, 3.63) is 36.5 Å². The normalized spacial score (nSPS) is 12.9. The van der Waals surface area contributed by atoms with E-state index in [0.29, 0.717) is 19.4 Å². The molecular formula is C59H111NO5. The smallest absolute Gasteiger partial charge is 0.305 e. The van der Waals surface area contributed by atoms with Crippen molar-refractivity contribution in [1.82, 2.24) is 5.32 Å². The van der Waals surface area contributed by atoms with E-state index in [1.165, 1.54) is 193 Å². The lowest BCUT2D eigenvalue weighted by Gasteiger charge is -2.20. The van der Waals surface area contributed by atoms with E-state index in [2.05, 4.69) is 43.5 Å². The van der Waals surface area contributed by atoms with Crippen LogP contribution in [-0.4, -0.2) is 47.4 Å². The van der Waals surface area contributed by atoms with Gasteiger partial charge in [0.15, 0.2) is 0 Å². The van der Waals surface area contributed by atoms with Gasteiger partial charge in [0, 0.05) is 12.8 Å². The van der Waals surface area contributed by atoms with Crippen LogP contribution in [0.25, 0.3) is 0 Å². The number of carbonyl (C=O) groups excluding carboxylic acids is 2. The molecule has 0 aliphatic rings. The largest absolute Gasteiger partial charge is 0.466 e. The summed E-state index contributed by atoms with van der Waals surface area (Å²) in [4.78, 5) is 24.5. The lowest BCUT2D eigenvalue weighted by atomic mass is 10.0. The number of amides is 1. The van der Waals surface area contributed by atoms with Gasteiger partial charge < -0.3 is 20.3 Å². The summed E-state index contributed by atoms with van der Waals surface area (Å²) < 4.78 is 5.43. The number of rotatable bonds is 53. The number of ether oxygens (including phenoxy) is 1. The highest BCUT2D eigenvalue weighted by Gasteiger charge is 2.18. The minimum absolute atomic E-state index is 0.0413. The van der Waals surface area contributed by atoms with E-state index in [1.807, 2.05) is 6.08 Å². The first-order valence-electron chi connectivity index (χ1n) is 28.8. The molecule has 2 atom stereocenters. The zero-order valence-corrected chi connectivity index (χ0v) is 43.5. The third kappa shape index (κ3) is 51.3. The molecule has 0 fully saturated rings. The molecule has 0 aromatic rings. The number of unbranched alkanes of at least 4 members (excludes halogenated alkanes) is 38. The highest BCUT2D eigenvalue weighted by atomic mass is 16.5. The first-order chi connectivity index (χ1) is 32.0. The third-order valence-corrected chi connectivity index (χ3v) is 13.1. The zero-order valence-electron chi connectivity index (χ0n) is 43.5. The molecule has 2 unspecified atom stereocenters. The minimum atomic E-state index is -0.864. The van der Waals surface area contributed by atoms with Gasteiger partial charge in [-0.15, -0.1) is 0 Å². The Labute approximate surface area is 404 Å². The molecule has 0 aliphatic carbocycles. The number of hydrogen-bond acceptors (Lipinski definition) is 5. The lowest BCUT2D eigenvalue weighted by Crippen LogP contribution is -2.45. The van der Waals surface area contributed by atoms with E-state index < -0.39 is 12.1 Å². The Morgan fingerprint density at radius 2 is 0.723 bits per heavy atom. The molecule has 0 saturated heterocycles. The van der Waals surface area contributed by atoms with Gasteiger partial charge in [-0.2, -0.15) is 0 Å². The van der Waals surface area contributed by atoms with Crippen LogP contribution in [0.3, 0.4) is 0 Å². The summed E-state index contributed by atoms with van der Waals surface area (Å²) in [5.41, 5.74) is 0. The Bertz CT molecular complexity index is 1060. The van der Waals surface area contributed by atoms with E-state index >= 15 is 0 Å². The van der Waals surface area contributed by atoms with Gasteiger partial charge in [-0.05, 0) is 83.5 Å². The number of aliphatic hydroxyl groups is 2. The Balaban J connectivity index is 3.55. The Morgan fingerprint density at radius 1 is 0.415 bits per heavy atom. The second kappa shape index (κ2) is 54.7. The van der Waals surface area contributed by atoms with Gasteiger partial charge in [0.2, 0.25) is 5.91 Å². The van der Waals surface area contributed by atoms with Crippen LogP contribution in [0.15, 0.2) is 36.5 Å². The third-order valence-electron chi connectivity index (χ3n) is 13.1. The maximum Gasteiger partial charge on any atom is 0.305 e. The van der Waals surface area contributed by atoms with Crippen LogP contribution in [0.2, 0.25) is 0 Å². The molecule has 65 heavy (non-hydrogen) atoms. The second-order valence-corrected chi connectivity index (χ2v) is 19.6. The van der Waals surface area contributed by atoms with Crippen molar-refractivity contribution in [1.29, 1.82) is 0 Å². The van der Waals surface area contributed by atoms with Crippen molar-refractivity contribution in [3.63, 3.8) is 0 Å².